The highest BCUT2D eigenvalue weighted by Crippen LogP contribution is 2.19. The average molecular weight is 315 g/mol. The number of halogens is 1. The normalized spacial score (nSPS) is 10.4. The Hall–Kier alpha value is -2.53. The molecule has 5 nitrogen and oxygen atoms in total. The van der Waals surface area contributed by atoms with Crippen molar-refractivity contribution in [1.82, 2.24) is 14.9 Å². The van der Waals surface area contributed by atoms with Crippen LogP contribution in [0.5, 0.6) is 5.75 Å². The summed E-state index contributed by atoms with van der Waals surface area (Å²) in [6.45, 7) is 1.10. The van der Waals surface area contributed by atoms with Gasteiger partial charge in [-0.3, -0.25) is 0 Å². The maximum absolute atomic E-state index is 6.12. The lowest BCUT2D eigenvalue weighted by Gasteiger charge is -2.10. The molecule has 2 aromatic carbocycles. The quantitative estimate of drug-likeness (QED) is 0.759. The largest absolute Gasteiger partial charge is 0.489 e. The van der Waals surface area contributed by atoms with Crippen LogP contribution in [0, 0.1) is 0 Å². The van der Waals surface area contributed by atoms with E-state index in [2.05, 4.69) is 15.6 Å². The first kappa shape index (κ1) is 14.4. The highest BCUT2D eigenvalue weighted by atomic mass is 35.5. The minimum atomic E-state index is 0.446. The number of hydrogen-bond acceptors (Lipinski definition) is 4. The third kappa shape index (κ3) is 3.77. The van der Waals surface area contributed by atoms with E-state index in [1.54, 1.807) is 17.3 Å². The molecule has 0 amide bonds. The zero-order valence-electron chi connectivity index (χ0n) is 11.8. The standard InChI is InChI=1S/C16H15ClN4O/c17-16-7-2-1-5-14(16)10-22-15-6-3-4-13(8-15)9-20-21-11-18-19-12-21/h1-8,11-12,20H,9-10H2. The van der Waals surface area contributed by atoms with Crippen molar-refractivity contribution < 1.29 is 4.74 Å². The first-order valence-corrected chi connectivity index (χ1v) is 7.23. The van der Waals surface area contributed by atoms with Crippen LogP contribution in [0.15, 0.2) is 61.2 Å². The van der Waals surface area contributed by atoms with Crippen molar-refractivity contribution in [2.24, 2.45) is 0 Å². The van der Waals surface area contributed by atoms with Gasteiger partial charge in [0.2, 0.25) is 0 Å². The maximum atomic E-state index is 6.12. The summed E-state index contributed by atoms with van der Waals surface area (Å²) in [5, 5.41) is 8.19. The number of nitrogens with one attached hydrogen (secondary N) is 1. The maximum Gasteiger partial charge on any atom is 0.138 e. The summed E-state index contributed by atoms with van der Waals surface area (Å²) < 4.78 is 7.51. The van der Waals surface area contributed by atoms with Gasteiger partial charge >= 0.3 is 0 Å². The van der Waals surface area contributed by atoms with Crippen LogP contribution in [0.2, 0.25) is 5.02 Å². The minimum Gasteiger partial charge on any atom is -0.489 e. The van der Waals surface area contributed by atoms with E-state index in [4.69, 9.17) is 16.3 Å². The summed E-state index contributed by atoms with van der Waals surface area (Å²) in [6, 6.07) is 15.6. The van der Waals surface area contributed by atoms with E-state index < -0.39 is 0 Å². The van der Waals surface area contributed by atoms with Crippen LogP contribution >= 0.6 is 11.6 Å². The number of benzene rings is 2. The smallest absolute Gasteiger partial charge is 0.138 e. The molecule has 1 aromatic heterocycles. The Morgan fingerprint density at radius 1 is 1.05 bits per heavy atom. The summed E-state index contributed by atoms with van der Waals surface area (Å²) in [7, 11) is 0. The number of ether oxygens (including phenoxy) is 1. The first-order chi connectivity index (χ1) is 10.8. The second-order valence-corrected chi connectivity index (χ2v) is 5.14. The molecule has 112 valence electrons. The number of aromatic nitrogens is 3. The molecule has 3 aromatic rings. The van der Waals surface area contributed by atoms with Gasteiger partial charge in [-0.05, 0) is 23.8 Å². The van der Waals surface area contributed by atoms with Crippen molar-refractivity contribution in [3.8, 4) is 5.75 Å². The molecule has 0 spiro atoms. The summed E-state index contributed by atoms with van der Waals surface area (Å²) in [6.07, 6.45) is 3.22. The molecular weight excluding hydrogens is 300 g/mol. The summed E-state index contributed by atoms with van der Waals surface area (Å²) in [5.41, 5.74) is 5.24. The van der Waals surface area contributed by atoms with Crippen LogP contribution in [0.3, 0.4) is 0 Å². The fourth-order valence-electron chi connectivity index (χ4n) is 1.99. The van der Waals surface area contributed by atoms with Gasteiger partial charge in [0, 0.05) is 10.6 Å². The van der Waals surface area contributed by atoms with Crippen molar-refractivity contribution in [2.45, 2.75) is 13.2 Å². The molecular formula is C16H15ClN4O. The molecule has 0 saturated carbocycles. The number of nitrogens with zero attached hydrogens (tertiary/aromatic N) is 3. The Labute approximate surface area is 133 Å². The van der Waals surface area contributed by atoms with Gasteiger partial charge in [-0.25, -0.2) is 4.68 Å². The third-order valence-corrected chi connectivity index (χ3v) is 3.50. The Kier molecular flexibility index (Phi) is 4.56. The fourth-order valence-corrected chi connectivity index (χ4v) is 2.18. The van der Waals surface area contributed by atoms with E-state index in [1.807, 2.05) is 48.5 Å². The third-order valence-electron chi connectivity index (χ3n) is 3.14. The molecule has 0 radical (unpaired) electrons. The summed E-state index contributed by atoms with van der Waals surface area (Å²) in [4.78, 5) is 0. The first-order valence-electron chi connectivity index (χ1n) is 6.85. The minimum absolute atomic E-state index is 0.446. The van der Waals surface area contributed by atoms with Gasteiger partial charge in [0.05, 0.1) is 6.54 Å². The lowest BCUT2D eigenvalue weighted by atomic mass is 10.2. The monoisotopic (exact) mass is 314 g/mol. The fraction of sp³-hybridized carbons (Fsp3) is 0.125. The number of rotatable bonds is 6. The van der Waals surface area contributed by atoms with Crippen LogP contribution in [-0.4, -0.2) is 14.9 Å². The summed E-state index contributed by atoms with van der Waals surface area (Å²) in [5.74, 6) is 0.808. The van der Waals surface area contributed by atoms with Crippen molar-refractivity contribution in [3.05, 3.63) is 77.3 Å². The lowest BCUT2D eigenvalue weighted by molar-refractivity contribution is 0.306. The van der Waals surface area contributed by atoms with Gasteiger partial charge in [0.25, 0.3) is 0 Å². The van der Waals surface area contributed by atoms with Crippen molar-refractivity contribution in [3.63, 3.8) is 0 Å². The molecule has 6 heteroatoms. The summed E-state index contributed by atoms with van der Waals surface area (Å²) >= 11 is 6.12. The van der Waals surface area contributed by atoms with Crippen LogP contribution in [0.4, 0.5) is 0 Å². The van der Waals surface area contributed by atoms with Gasteiger partial charge in [-0.2, -0.15) is 0 Å². The molecule has 0 aliphatic heterocycles. The van der Waals surface area contributed by atoms with Gasteiger partial charge in [-0.15, -0.1) is 10.2 Å². The predicted molar refractivity (Wildman–Crippen MR) is 85.3 cm³/mol. The molecule has 0 saturated heterocycles. The Bertz CT molecular complexity index is 731. The molecule has 0 atom stereocenters. The molecule has 0 unspecified atom stereocenters. The second kappa shape index (κ2) is 6.95. The van der Waals surface area contributed by atoms with E-state index in [1.165, 1.54) is 0 Å². The zero-order valence-corrected chi connectivity index (χ0v) is 12.6. The molecule has 0 bridgehead atoms. The molecule has 0 aliphatic carbocycles. The van der Waals surface area contributed by atoms with Crippen molar-refractivity contribution >= 4 is 11.6 Å². The molecule has 0 aliphatic rings. The highest BCUT2D eigenvalue weighted by Gasteiger charge is 2.01. The number of hydrogen-bond donors (Lipinski definition) is 1. The molecule has 22 heavy (non-hydrogen) atoms. The SMILES string of the molecule is Clc1ccccc1COc1cccc(CNn2cnnc2)c1. The van der Waals surface area contributed by atoms with Gasteiger partial charge in [-0.1, -0.05) is 41.9 Å². The van der Waals surface area contributed by atoms with Gasteiger partial charge in [0.1, 0.15) is 25.0 Å². The van der Waals surface area contributed by atoms with Crippen LogP contribution in [0.25, 0.3) is 0 Å². The second-order valence-electron chi connectivity index (χ2n) is 4.73. The average Bonchev–Trinajstić information content (AvgIpc) is 3.06. The lowest BCUT2D eigenvalue weighted by Crippen LogP contribution is -2.12. The van der Waals surface area contributed by atoms with E-state index in [0.29, 0.717) is 18.2 Å². The Balaban J connectivity index is 1.60. The molecule has 0 fully saturated rings. The van der Waals surface area contributed by atoms with Crippen LogP contribution in [-0.2, 0) is 13.2 Å². The zero-order chi connectivity index (χ0) is 15.2. The Morgan fingerprint density at radius 3 is 2.68 bits per heavy atom. The van der Waals surface area contributed by atoms with Gasteiger partial charge in [0.15, 0.2) is 0 Å². The predicted octanol–water partition coefficient (Wildman–Crippen LogP) is 3.25. The van der Waals surface area contributed by atoms with Crippen LogP contribution < -0.4 is 10.2 Å². The van der Waals surface area contributed by atoms with E-state index >= 15 is 0 Å². The van der Waals surface area contributed by atoms with E-state index in [0.717, 1.165) is 16.9 Å². The molecule has 1 heterocycles. The molecule has 1 N–H and O–H groups in total. The topological polar surface area (TPSA) is 52.0 Å². The highest BCUT2D eigenvalue weighted by molar-refractivity contribution is 6.31. The van der Waals surface area contributed by atoms with E-state index in [-0.39, 0.29) is 0 Å². The Morgan fingerprint density at radius 2 is 1.86 bits per heavy atom. The van der Waals surface area contributed by atoms with Crippen molar-refractivity contribution in [1.29, 1.82) is 0 Å². The molecule has 3 rings (SSSR count). The van der Waals surface area contributed by atoms with Crippen molar-refractivity contribution in [2.75, 3.05) is 5.43 Å². The van der Waals surface area contributed by atoms with Gasteiger partial charge < -0.3 is 10.2 Å². The van der Waals surface area contributed by atoms with E-state index in [9.17, 15) is 0 Å². The van der Waals surface area contributed by atoms with Crippen LogP contribution in [0.1, 0.15) is 11.1 Å².